The van der Waals surface area contributed by atoms with Crippen molar-refractivity contribution in [2.75, 3.05) is 26.4 Å². The van der Waals surface area contributed by atoms with Gasteiger partial charge in [0, 0.05) is 37.4 Å². The summed E-state index contributed by atoms with van der Waals surface area (Å²) in [5.41, 5.74) is 1.05. The number of rotatable bonds is 2. The van der Waals surface area contributed by atoms with E-state index < -0.39 is 0 Å². The zero-order chi connectivity index (χ0) is 19.1. The third-order valence-electron chi connectivity index (χ3n) is 5.77. The number of carbonyl (C=O) groups is 2. The average molecular weight is 379 g/mol. The van der Waals surface area contributed by atoms with Crippen molar-refractivity contribution in [2.24, 2.45) is 5.92 Å². The molecule has 2 atom stereocenters. The number of hydrogen-bond donors (Lipinski definition) is 0. The first kappa shape index (κ1) is 17.0. The number of benzene rings is 1. The molecule has 2 bridgehead atoms. The van der Waals surface area contributed by atoms with Crippen molar-refractivity contribution in [3.8, 4) is 11.5 Å². The van der Waals surface area contributed by atoms with Crippen LogP contribution in [0.3, 0.4) is 0 Å². The molecule has 4 aliphatic heterocycles. The summed E-state index contributed by atoms with van der Waals surface area (Å²) in [6.45, 7) is 2.06. The number of amides is 2. The van der Waals surface area contributed by atoms with Gasteiger partial charge >= 0.3 is 0 Å². The maximum absolute atomic E-state index is 13.2. The van der Waals surface area contributed by atoms with Crippen molar-refractivity contribution in [1.82, 2.24) is 14.8 Å². The van der Waals surface area contributed by atoms with Crippen molar-refractivity contribution >= 4 is 11.8 Å². The largest absolute Gasteiger partial charge is 0.454 e. The molecular formula is C21H21N3O4. The molecular weight excluding hydrogens is 358 g/mol. The molecule has 0 aliphatic carbocycles. The van der Waals surface area contributed by atoms with Crippen LogP contribution in [0.1, 0.15) is 33.7 Å². The molecule has 2 amide bonds. The van der Waals surface area contributed by atoms with Gasteiger partial charge in [-0.1, -0.05) is 6.07 Å². The van der Waals surface area contributed by atoms with Crippen molar-refractivity contribution < 1.29 is 19.1 Å². The fourth-order valence-corrected chi connectivity index (χ4v) is 4.34. The van der Waals surface area contributed by atoms with Crippen molar-refractivity contribution in [3.63, 3.8) is 0 Å². The second kappa shape index (κ2) is 6.82. The number of pyridine rings is 1. The molecule has 0 unspecified atom stereocenters. The maximum atomic E-state index is 13.2. The van der Waals surface area contributed by atoms with E-state index in [1.165, 1.54) is 0 Å². The highest BCUT2D eigenvalue weighted by Gasteiger charge is 2.39. The highest BCUT2D eigenvalue weighted by atomic mass is 16.7. The molecule has 4 aliphatic rings. The lowest BCUT2D eigenvalue weighted by molar-refractivity contribution is 0.0573. The lowest BCUT2D eigenvalue weighted by atomic mass is 9.94. The van der Waals surface area contributed by atoms with E-state index in [0.29, 0.717) is 42.4 Å². The minimum atomic E-state index is -0.0603. The number of aromatic nitrogens is 1. The number of hydrogen-bond acceptors (Lipinski definition) is 5. The molecule has 0 radical (unpaired) electrons. The van der Waals surface area contributed by atoms with Gasteiger partial charge in [0.15, 0.2) is 11.5 Å². The van der Waals surface area contributed by atoms with Crippen LogP contribution in [0.2, 0.25) is 0 Å². The van der Waals surface area contributed by atoms with E-state index in [2.05, 4.69) is 4.98 Å². The highest BCUT2D eigenvalue weighted by molar-refractivity contribution is 5.96. The van der Waals surface area contributed by atoms with Gasteiger partial charge < -0.3 is 19.3 Å². The Morgan fingerprint density at radius 3 is 2.71 bits per heavy atom. The van der Waals surface area contributed by atoms with E-state index >= 15 is 0 Å². The lowest BCUT2D eigenvalue weighted by Gasteiger charge is -2.36. The number of piperidine rings is 1. The maximum Gasteiger partial charge on any atom is 0.272 e. The molecule has 3 saturated heterocycles. The summed E-state index contributed by atoms with van der Waals surface area (Å²) in [6.07, 6.45) is 3.57. The first-order valence-electron chi connectivity index (χ1n) is 9.60. The molecule has 144 valence electrons. The first-order chi connectivity index (χ1) is 13.7. The topological polar surface area (TPSA) is 72.0 Å². The molecule has 0 spiro atoms. The second-order valence-electron chi connectivity index (χ2n) is 7.55. The molecule has 7 nitrogen and oxygen atoms in total. The fraction of sp³-hybridized carbons (Fsp3) is 0.381. The highest BCUT2D eigenvalue weighted by Crippen LogP contribution is 2.34. The average Bonchev–Trinajstić information content (AvgIpc) is 3.02. The minimum absolute atomic E-state index is 0.0138. The molecule has 2 aromatic rings. The van der Waals surface area contributed by atoms with E-state index in [-0.39, 0.29) is 30.6 Å². The number of nitrogens with zero attached hydrogens (tertiary/aromatic N) is 3. The SMILES string of the molecule is O=C(c1ccccn1)N1C[C@@H]2CC[C@H](C1)N(C(=O)c1ccc3c(c1)OCO3)C2. The summed E-state index contributed by atoms with van der Waals surface area (Å²) >= 11 is 0. The quantitative estimate of drug-likeness (QED) is 0.800. The molecule has 6 rings (SSSR count). The standard InChI is InChI=1S/C21H21N3O4/c25-20(15-5-7-18-19(9-15)28-13-27-18)24-11-14-4-6-16(24)12-23(10-14)21(26)17-3-1-2-8-22-17/h1-3,5,7-9,14,16H,4,6,10-13H2/t14-,16+/m0/s1. The van der Waals surface area contributed by atoms with Gasteiger partial charge in [-0.2, -0.15) is 0 Å². The summed E-state index contributed by atoms with van der Waals surface area (Å²) < 4.78 is 10.7. The van der Waals surface area contributed by atoms with E-state index in [4.69, 9.17) is 9.47 Å². The molecule has 0 saturated carbocycles. The fourth-order valence-electron chi connectivity index (χ4n) is 4.34. The van der Waals surface area contributed by atoms with Crippen LogP contribution in [-0.2, 0) is 0 Å². The van der Waals surface area contributed by atoms with Gasteiger partial charge in [0.1, 0.15) is 5.69 Å². The van der Waals surface area contributed by atoms with Gasteiger partial charge in [-0.3, -0.25) is 14.6 Å². The Balaban J connectivity index is 1.37. The third kappa shape index (κ3) is 2.96. The summed E-state index contributed by atoms with van der Waals surface area (Å²) in [5.74, 6) is 1.48. The van der Waals surface area contributed by atoms with E-state index in [0.717, 1.165) is 12.8 Å². The van der Waals surface area contributed by atoms with E-state index in [1.807, 2.05) is 15.9 Å². The van der Waals surface area contributed by atoms with Gasteiger partial charge in [0.25, 0.3) is 11.8 Å². The Morgan fingerprint density at radius 1 is 0.964 bits per heavy atom. The number of fused-ring (bicyclic) bond motifs is 5. The Labute approximate surface area is 162 Å². The van der Waals surface area contributed by atoms with Crippen LogP contribution in [0.15, 0.2) is 42.6 Å². The van der Waals surface area contributed by atoms with Crippen molar-refractivity contribution in [3.05, 3.63) is 53.9 Å². The zero-order valence-corrected chi connectivity index (χ0v) is 15.4. The lowest BCUT2D eigenvalue weighted by Crippen LogP contribution is -2.47. The van der Waals surface area contributed by atoms with Crippen LogP contribution >= 0.6 is 0 Å². The smallest absolute Gasteiger partial charge is 0.272 e. The predicted molar refractivity (Wildman–Crippen MR) is 100 cm³/mol. The Kier molecular flexibility index (Phi) is 4.15. The zero-order valence-electron chi connectivity index (χ0n) is 15.4. The first-order valence-corrected chi connectivity index (χ1v) is 9.60. The second-order valence-corrected chi connectivity index (χ2v) is 7.55. The van der Waals surface area contributed by atoms with E-state index in [9.17, 15) is 9.59 Å². The van der Waals surface area contributed by atoms with Gasteiger partial charge in [-0.25, -0.2) is 0 Å². The Hall–Kier alpha value is -3.09. The summed E-state index contributed by atoms with van der Waals surface area (Å²) in [6, 6.07) is 10.7. The third-order valence-corrected chi connectivity index (χ3v) is 5.77. The number of carbonyl (C=O) groups excluding carboxylic acids is 2. The van der Waals surface area contributed by atoms with Crippen LogP contribution < -0.4 is 9.47 Å². The summed E-state index contributed by atoms with van der Waals surface area (Å²) in [4.78, 5) is 34.1. The van der Waals surface area contributed by atoms with Crippen LogP contribution in [0.5, 0.6) is 11.5 Å². The molecule has 1 aromatic heterocycles. The minimum Gasteiger partial charge on any atom is -0.454 e. The number of ether oxygens (including phenoxy) is 2. The van der Waals surface area contributed by atoms with Crippen LogP contribution in [0.25, 0.3) is 0 Å². The Bertz CT molecular complexity index is 917. The monoisotopic (exact) mass is 379 g/mol. The predicted octanol–water partition coefficient (Wildman–Crippen LogP) is 2.19. The van der Waals surface area contributed by atoms with Gasteiger partial charge in [-0.15, -0.1) is 0 Å². The normalized spacial score (nSPS) is 22.9. The molecule has 5 heterocycles. The van der Waals surface area contributed by atoms with E-state index in [1.54, 1.807) is 36.5 Å². The Morgan fingerprint density at radius 2 is 1.86 bits per heavy atom. The summed E-state index contributed by atoms with van der Waals surface area (Å²) in [5, 5.41) is 0. The van der Waals surface area contributed by atoms with Crippen LogP contribution in [0.4, 0.5) is 0 Å². The van der Waals surface area contributed by atoms with Crippen LogP contribution in [-0.4, -0.2) is 59.1 Å². The summed E-state index contributed by atoms with van der Waals surface area (Å²) in [7, 11) is 0. The molecule has 1 aromatic carbocycles. The van der Waals surface area contributed by atoms with Gasteiger partial charge in [0.05, 0.1) is 0 Å². The van der Waals surface area contributed by atoms with Crippen LogP contribution in [0, 0.1) is 5.92 Å². The molecule has 7 heteroatoms. The van der Waals surface area contributed by atoms with Gasteiger partial charge in [-0.05, 0) is 49.1 Å². The molecule has 3 fully saturated rings. The van der Waals surface area contributed by atoms with Crippen molar-refractivity contribution in [2.45, 2.75) is 18.9 Å². The van der Waals surface area contributed by atoms with Crippen molar-refractivity contribution in [1.29, 1.82) is 0 Å². The molecule has 28 heavy (non-hydrogen) atoms. The molecule has 0 N–H and O–H groups in total. The van der Waals surface area contributed by atoms with Gasteiger partial charge in [0.2, 0.25) is 6.79 Å².